The Bertz CT molecular complexity index is 1560. The number of ether oxygens (including phenoxy) is 4. The van der Waals surface area contributed by atoms with Crippen LogP contribution in [0.5, 0.6) is 28.7 Å². The van der Waals surface area contributed by atoms with Gasteiger partial charge in [0.05, 0.1) is 21.3 Å². The van der Waals surface area contributed by atoms with Crippen LogP contribution in [0.3, 0.4) is 0 Å². The van der Waals surface area contributed by atoms with Crippen molar-refractivity contribution in [3.63, 3.8) is 0 Å². The van der Waals surface area contributed by atoms with Crippen molar-refractivity contribution < 1.29 is 29.2 Å². The van der Waals surface area contributed by atoms with E-state index in [1.807, 2.05) is 72.8 Å². The largest absolute Gasteiger partial charge is 0.492 e. The summed E-state index contributed by atoms with van der Waals surface area (Å²) in [4.78, 5) is 0. The van der Waals surface area contributed by atoms with Crippen molar-refractivity contribution in [1.29, 1.82) is 0 Å². The molecule has 2 atom stereocenters. The van der Waals surface area contributed by atoms with Crippen LogP contribution in [0.1, 0.15) is 34.5 Å². The molecule has 0 radical (unpaired) electrons. The molecule has 0 fully saturated rings. The van der Waals surface area contributed by atoms with Gasteiger partial charge in [-0.1, -0.05) is 72.8 Å². The molecule has 5 rings (SSSR count). The van der Waals surface area contributed by atoms with E-state index < -0.39 is 12.2 Å². The Morgan fingerprint density at radius 1 is 0.513 bits per heavy atom. The number of fused-ring (bicyclic) bond motifs is 1. The lowest BCUT2D eigenvalue weighted by molar-refractivity contribution is 0.203. The number of aliphatic hydroxyl groups is 2. The summed E-state index contributed by atoms with van der Waals surface area (Å²) >= 11 is 0. The maximum Gasteiger partial charge on any atom is 0.204 e. The van der Waals surface area contributed by atoms with Gasteiger partial charge in [0, 0.05) is 11.1 Å². The van der Waals surface area contributed by atoms with E-state index in [4.69, 9.17) is 18.9 Å². The van der Waals surface area contributed by atoms with Crippen LogP contribution >= 0.6 is 0 Å². The molecule has 6 heteroatoms. The van der Waals surface area contributed by atoms with Gasteiger partial charge in [0.25, 0.3) is 0 Å². The van der Waals surface area contributed by atoms with Crippen molar-refractivity contribution in [2.75, 3.05) is 21.3 Å². The summed E-state index contributed by atoms with van der Waals surface area (Å²) in [6.45, 7) is 0. The molecule has 0 saturated carbocycles. The molecule has 0 spiro atoms. The van der Waals surface area contributed by atoms with Gasteiger partial charge in [-0.3, -0.25) is 0 Å². The maximum atomic E-state index is 11.7. The third-order valence-corrected chi connectivity index (χ3v) is 6.74. The molecule has 0 aliphatic carbocycles. The third kappa shape index (κ3) is 5.12. The van der Waals surface area contributed by atoms with E-state index in [1.165, 1.54) is 21.3 Å². The number of rotatable bonds is 9. The monoisotopic (exact) mass is 522 g/mol. The maximum absolute atomic E-state index is 11.7. The molecule has 0 saturated heterocycles. The average molecular weight is 523 g/mol. The van der Waals surface area contributed by atoms with Crippen molar-refractivity contribution in [1.82, 2.24) is 0 Å². The lowest BCUT2D eigenvalue weighted by Crippen LogP contribution is -2.10. The standard InChI is InChI=1S/C33H30O6/c1-36-31-27(29(34)22-16-18-24(19-17-22)39-23-12-5-4-6-13-23)20-28(32(37-2)33(31)38-3)30(35)26-15-9-11-21-10-7-8-14-25(21)26/h4-20,29-30,34-35H,1-3H3. The highest BCUT2D eigenvalue weighted by Gasteiger charge is 2.29. The molecule has 198 valence electrons. The highest BCUT2D eigenvalue weighted by molar-refractivity contribution is 5.86. The fourth-order valence-corrected chi connectivity index (χ4v) is 4.86. The Labute approximate surface area is 227 Å². The van der Waals surface area contributed by atoms with E-state index in [0.29, 0.717) is 39.5 Å². The topological polar surface area (TPSA) is 77.4 Å². The molecule has 2 unspecified atom stereocenters. The zero-order chi connectivity index (χ0) is 27.4. The normalized spacial score (nSPS) is 12.5. The van der Waals surface area contributed by atoms with E-state index in [2.05, 4.69) is 0 Å². The summed E-state index contributed by atoms with van der Waals surface area (Å²) in [5.74, 6) is 2.30. The van der Waals surface area contributed by atoms with E-state index >= 15 is 0 Å². The predicted molar refractivity (Wildman–Crippen MR) is 151 cm³/mol. The summed E-state index contributed by atoms with van der Waals surface area (Å²) in [6, 6.07) is 32.0. The van der Waals surface area contributed by atoms with Crippen LogP contribution in [0.15, 0.2) is 103 Å². The predicted octanol–water partition coefficient (Wildman–Crippen LogP) is 6.82. The van der Waals surface area contributed by atoms with Crippen LogP contribution in [0.25, 0.3) is 10.8 Å². The number of hydrogen-bond donors (Lipinski definition) is 2. The third-order valence-electron chi connectivity index (χ3n) is 6.74. The van der Waals surface area contributed by atoms with Crippen LogP contribution in [-0.2, 0) is 0 Å². The van der Waals surface area contributed by atoms with E-state index in [1.54, 1.807) is 30.3 Å². The molecule has 5 aromatic rings. The molecule has 0 bridgehead atoms. The summed E-state index contributed by atoms with van der Waals surface area (Å²) in [7, 11) is 4.52. The molecule has 2 N–H and O–H groups in total. The Hall–Kier alpha value is -4.52. The van der Waals surface area contributed by atoms with Crippen LogP contribution in [0, 0.1) is 0 Å². The molecule has 0 aliphatic heterocycles. The van der Waals surface area contributed by atoms with E-state index in [-0.39, 0.29) is 5.75 Å². The molecule has 0 heterocycles. The Morgan fingerprint density at radius 3 is 1.74 bits per heavy atom. The second-order valence-electron chi connectivity index (χ2n) is 9.01. The number of benzene rings is 5. The van der Waals surface area contributed by atoms with Gasteiger partial charge in [0.1, 0.15) is 23.7 Å². The number of para-hydroxylation sites is 1. The Morgan fingerprint density at radius 2 is 1.08 bits per heavy atom. The summed E-state index contributed by atoms with van der Waals surface area (Å²) in [5.41, 5.74) is 2.21. The quantitative estimate of drug-likeness (QED) is 0.221. The van der Waals surface area contributed by atoms with Crippen molar-refractivity contribution in [2.24, 2.45) is 0 Å². The molecule has 0 aromatic heterocycles. The molecule has 0 amide bonds. The zero-order valence-corrected chi connectivity index (χ0v) is 22.0. The Kier molecular flexibility index (Phi) is 7.68. The van der Waals surface area contributed by atoms with E-state index in [9.17, 15) is 10.2 Å². The first kappa shape index (κ1) is 26.1. The first-order chi connectivity index (χ1) is 19.0. The van der Waals surface area contributed by atoms with Gasteiger partial charge in [0.15, 0.2) is 11.5 Å². The highest BCUT2D eigenvalue weighted by Crippen LogP contribution is 2.49. The summed E-state index contributed by atoms with van der Waals surface area (Å²) in [5, 5.41) is 25.1. The van der Waals surface area contributed by atoms with Gasteiger partial charge in [-0.05, 0) is 52.2 Å². The number of aliphatic hydroxyl groups excluding tert-OH is 2. The van der Waals surface area contributed by atoms with Gasteiger partial charge < -0.3 is 29.2 Å². The van der Waals surface area contributed by atoms with Crippen LogP contribution in [-0.4, -0.2) is 31.5 Å². The lowest BCUT2D eigenvalue weighted by atomic mass is 9.91. The van der Waals surface area contributed by atoms with E-state index in [0.717, 1.165) is 16.5 Å². The minimum Gasteiger partial charge on any atom is -0.492 e. The fraction of sp³-hybridized carbons (Fsp3) is 0.152. The highest BCUT2D eigenvalue weighted by atomic mass is 16.5. The van der Waals surface area contributed by atoms with Gasteiger partial charge in [-0.2, -0.15) is 0 Å². The molecule has 39 heavy (non-hydrogen) atoms. The van der Waals surface area contributed by atoms with Gasteiger partial charge in [-0.25, -0.2) is 0 Å². The minimum atomic E-state index is -1.08. The SMILES string of the molecule is COc1c(C(O)c2ccc(Oc3ccccc3)cc2)cc(C(O)c2cccc3ccccc23)c(OC)c1OC. The molecular weight excluding hydrogens is 492 g/mol. The minimum absolute atomic E-state index is 0.287. The van der Waals surface area contributed by atoms with Crippen LogP contribution in [0.4, 0.5) is 0 Å². The zero-order valence-electron chi connectivity index (χ0n) is 22.0. The first-order valence-electron chi connectivity index (χ1n) is 12.5. The number of hydrogen-bond acceptors (Lipinski definition) is 6. The van der Waals surface area contributed by atoms with Gasteiger partial charge in [-0.15, -0.1) is 0 Å². The average Bonchev–Trinajstić information content (AvgIpc) is 2.99. The number of methoxy groups -OCH3 is 3. The van der Waals surface area contributed by atoms with Crippen molar-refractivity contribution >= 4 is 10.8 Å². The van der Waals surface area contributed by atoms with Crippen LogP contribution < -0.4 is 18.9 Å². The fourth-order valence-electron chi connectivity index (χ4n) is 4.86. The van der Waals surface area contributed by atoms with Crippen LogP contribution in [0.2, 0.25) is 0 Å². The van der Waals surface area contributed by atoms with Crippen molar-refractivity contribution in [2.45, 2.75) is 12.2 Å². The second kappa shape index (κ2) is 11.5. The van der Waals surface area contributed by atoms with Crippen molar-refractivity contribution in [3.8, 4) is 28.7 Å². The Balaban J connectivity index is 1.57. The first-order valence-corrected chi connectivity index (χ1v) is 12.5. The van der Waals surface area contributed by atoms with Crippen molar-refractivity contribution in [3.05, 3.63) is 125 Å². The molecule has 5 aromatic carbocycles. The molecule has 0 aliphatic rings. The second-order valence-corrected chi connectivity index (χ2v) is 9.01. The molecule has 6 nitrogen and oxygen atoms in total. The molecular formula is C33H30O6. The summed E-state index contributed by atoms with van der Waals surface area (Å²) < 4.78 is 23.0. The lowest BCUT2D eigenvalue weighted by Gasteiger charge is -2.24. The van der Waals surface area contributed by atoms with Gasteiger partial charge >= 0.3 is 0 Å². The van der Waals surface area contributed by atoms with Gasteiger partial charge in [0.2, 0.25) is 5.75 Å². The smallest absolute Gasteiger partial charge is 0.204 e. The summed E-state index contributed by atoms with van der Waals surface area (Å²) in [6.07, 6.45) is -2.14.